The summed E-state index contributed by atoms with van der Waals surface area (Å²) in [6.45, 7) is 4.09. The van der Waals surface area contributed by atoms with Crippen molar-refractivity contribution < 1.29 is 19.4 Å². The number of unbranched alkanes of at least 4 members (excludes halogenated alkanes) is 1. The van der Waals surface area contributed by atoms with Crippen LogP contribution < -0.4 is 0 Å². The second kappa shape index (κ2) is 6.92. The van der Waals surface area contributed by atoms with Crippen LogP contribution in [0.5, 0.6) is 0 Å². The summed E-state index contributed by atoms with van der Waals surface area (Å²) in [6.07, 6.45) is 4.29. The number of rotatable bonds is 5. The molecule has 6 heteroatoms. The molecule has 2 bridgehead atoms. The fraction of sp³-hybridized carbons (Fsp3) is 0.583. The number of para-hydroxylation sites is 1. The first-order valence-corrected chi connectivity index (χ1v) is 11.1. The van der Waals surface area contributed by atoms with Crippen molar-refractivity contribution in [1.82, 2.24) is 9.78 Å². The Kier molecular flexibility index (Phi) is 4.56. The maximum Gasteiger partial charge on any atom is 0.321 e. The summed E-state index contributed by atoms with van der Waals surface area (Å²) < 4.78 is 13.9. The molecule has 1 aromatic heterocycles. The quantitative estimate of drug-likeness (QED) is 0.755. The van der Waals surface area contributed by atoms with Crippen LogP contribution in [-0.2, 0) is 19.7 Å². The number of aliphatic hydroxyl groups excluding tert-OH is 1. The van der Waals surface area contributed by atoms with E-state index in [0.29, 0.717) is 12.8 Å². The monoisotopic (exact) mass is 410 g/mol. The smallest absolute Gasteiger partial charge is 0.321 e. The van der Waals surface area contributed by atoms with Crippen LogP contribution in [0.2, 0.25) is 0 Å². The Morgan fingerprint density at radius 3 is 2.80 bits per heavy atom. The van der Waals surface area contributed by atoms with Gasteiger partial charge in [-0.2, -0.15) is 5.10 Å². The lowest BCUT2D eigenvalue weighted by Crippen LogP contribution is -2.56. The molecule has 1 N–H and O–H groups in total. The molecule has 5 rings (SSSR count). The summed E-state index contributed by atoms with van der Waals surface area (Å²) >= 11 is 0. The molecule has 3 aliphatic rings. The van der Waals surface area contributed by atoms with Crippen LogP contribution in [-0.4, -0.2) is 33.8 Å². The molecule has 2 aliphatic carbocycles. The number of nitrogens with zero attached hydrogens (tertiary/aromatic N) is 2. The number of aromatic nitrogens is 2. The van der Waals surface area contributed by atoms with Crippen LogP contribution >= 0.6 is 0 Å². The van der Waals surface area contributed by atoms with Crippen LogP contribution in [0.3, 0.4) is 0 Å². The van der Waals surface area contributed by atoms with Gasteiger partial charge in [-0.25, -0.2) is 4.68 Å². The van der Waals surface area contributed by atoms with Gasteiger partial charge >= 0.3 is 5.97 Å². The first-order valence-electron chi connectivity index (χ1n) is 11.1. The van der Waals surface area contributed by atoms with E-state index in [2.05, 4.69) is 6.92 Å². The number of aryl methyl sites for hydroxylation is 1. The summed E-state index contributed by atoms with van der Waals surface area (Å²) in [6, 6.07) is 9.89. The molecule has 1 saturated heterocycles. The molecule has 1 aromatic carbocycles. The summed E-state index contributed by atoms with van der Waals surface area (Å²) in [5, 5.41) is 15.9. The van der Waals surface area contributed by atoms with Gasteiger partial charge in [-0.05, 0) is 44.2 Å². The van der Waals surface area contributed by atoms with E-state index < -0.39 is 17.3 Å². The summed E-state index contributed by atoms with van der Waals surface area (Å²) in [5.41, 5.74) is 2.44. The van der Waals surface area contributed by atoms with E-state index >= 15 is 0 Å². The predicted molar refractivity (Wildman–Crippen MR) is 111 cm³/mol. The van der Waals surface area contributed by atoms with Crippen molar-refractivity contribution in [1.29, 1.82) is 0 Å². The number of hydrogen-bond donors (Lipinski definition) is 1. The first kappa shape index (κ1) is 19.8. The minimum Gasteiger partial charge on any atom is -0.432 e. The summed E-state index contributed by atoms with van der Waals surface area (Å²) in [7, 11) is 1.66. The van der Waals surface area contributed by atoms with Crippen LogP contribution in [0, 0.1) is 18.8 Å². The predicted octanol–water partition coefficient (Wildman–Crippen LogP) is 3.97. The highest BCUT2D eigenvalue weighted by Gasteiger charge is 2.74. The average molecular weight is 411 g/mol. The van der Waals surface area contributed by atoms with E-state index in [0.717, 1.165) is 48.3 Å². The molecule has 0 radical (unpaired) electrons. The second-order valence-corrected chi connectivity index (χ2v) is 9.05. The van der Waals surface area contributed by atoms with Crippen molar-refractivity contribution in [3.05, 3.63) is 47.3 Å². The molecule has 2 fully saturated rings. The number of fused-ring (bicyclic) bond motifs is 2. The van der Waals surface area contributed by atoms with Gasteiger partial charge in [0, 0.05) is 25.0 Å². The Bertz CT molecular complexity index is 971. The zero-order valence-electron chi connectivity index (χ0n) is 17.9. The standard InChI is InChI=1S/C24H30N2O4/c1-4-5-11-19-23(29-3)13-12-16-14-18(27)20-15(2)25-26(17-9-7-6-8-10-17)21(20)24(16,19)22(28)30-23/h6-10,16,18-19,27H,4-5,11-14H2,1-3H3/t16-,18-,19-,23+,24-/m1/s1. The van der Waals surface area contributed by atoms with Gasteiger partial charge in [0.1, 0.15) is 5.41 Å². The lowest BCUT2D eigenvalue weighted by molar-refractivity contribution is -0.228. The van der Waals surface area contributed by atoms with E-state index in [9.17, 15) is 9.90 Å². The highest BCUT2D eigenvalue weighted by Crippen LogP contribution is 2.65. The van der Waals surface area contributed by atoms with E-state index in [-0.39, 0.29) is 17.8 Å². The fourth-order valence-electron chi connectivity index (χ4n) is 6.46. The Hall–Kier alpha value is -2.18. The van der Waals surface area contributed by atoms with Gasteiger partial charge in [0.25, 0.3) is 0 Å². The number of benzene rings is 1. The molecule has 2 aromatic rings. The zero-order chi connectivity index (χ0) is 21.1. The maximum atomic E-state index is 13.8. The number of methoxy groups -OCH3 is 1. The summed E-state index contributed by atoms with van der Waals surface area (Å²) in [5.74, 6) is -1.18. The number of carbonyl (C=O) groups excluding carboxylic acids is 1. The molecule has 2 heterocycles. The second-order valence-electron chi connectivity index (χ2n) is 9.05. The van der Waals surface area contributed by atoms with Crippen molar-refractivity contribution >= 4 is 5.97 Å². The normalized spacial score (nSPS) is 34.4. The molecule has 0 amide bonds. The van der Waals surface area contributed by atoms with Gasteiger partial charge < -0.3 is 14.6 Å². The van der Waals surface area contributed by atoms with Crippen LogP contribution in [0.25, 0.3) is 5.69 Å². The Balaban J connectivity index is 1.81. The SMILES string of the molecule is CCCC[C@@H]1[C@]2(OC)CC[C@@H]3C[C@@H](O)c4c(C)nn(-c5ccccc5)c4[C@@]31C(=O)O2. The molecule has 1 spiro atoms. The van der Waals surface area contributed by atoms with Crippen LogP contribution in [0.4, 0.5) is 0 Å². The molecule has 1 saturated carbocycles. The summed E-state index contributed by atoms with van der Waals surface area (Å²) in [4.78, 5) is 13.8. The highest BCUT2D eigenvalue weighted by molar-refractivity contribution is 5.88. The zero-order valence-corrected chi connectivity index (χ0v) is 17.9. The Labute approximate surface area is 177 Å². The maximum absolute atomic E-state index is 13.8. The molecular formula is C24H30N2O4. The molecule has 160 valence electrons. The van der Waals surface area contributed by atoms with E-state index in [1.165, 1.54) is 0 Å². The lowest BCUT2D eigenvalue weighted by atomic mass is 9.52. The molecule has 1 aliphatic heterocycles. The number of carbonyl (C=O) groups is 1. The van der Waals surface area contributed by atoms with Crippen LogP contribution in [0.15, 0.2) is 30.3 Å². The van der Waals surface area contributed by atoms with Gasteiger partial charge in [0.2, 0.25) is 5.79 Å². The number of hydrogen-bond acceptors (Lipinski definition) is 5. The van der Waals surface area contributed by atoms with Gasteiger partial charge in [-0.3, -0.25) is 4.79 Å². The van der Waals surface area contributed by atoms with Crippen molar-refractivity contribution in [3.8, 4) is 5.69 Å². The highest BCUT2D eigenvalue weighted by atomic mass is 16.7. The topological polar surface area (TPSA) is 73.6 Å². The third kappa shape index (κ3) is 2.38. The van der Waals surface area contributed by atoms with E-state index in [1.807, 2.05) is 41.9 Å². The van der Waals surface area contributed by atoms with E-state index in [4.69, 9.17) is 14.6 Å². The molecule has 30 heavy (non-hydrogen) atoms. The average Bonchev–Trinajstić information content (AvgIpc) is 3.18. The van der Waals surface area contributed by atoms with Crippen molar-refractivity contribution in [2.75, 3.05) is 7.11 Å². The third-order valence-corrected chi connectivity index (χ3v) is 7.70. The van der Waals surface area contributed by atoms with Gasteiger partial charge in [-0.1, -0.05) is 38.0 Å². The minimum atomic E-state index is -0.887. The third-order valence-electron chi connectivity index (χ3n) is 7.70. The van der Waals surface area contributed by atoms with Crippen molar-refractivity contribution in [3.63, 3.8) is 0 Å². The Morgan fingerprint density at radius 1 is 1.33 bits per heavy atom. The molecular weight excluding hydrogens is 380 g/mol. The van der Waals surface area contributed by atoms with E-state index in [1.54, 1.807) is 7.11 Å². The number of ether oxygens (including phenoxy) is 2. The lowest BCUT2D eigenvalue weighted by Gasteiger charge is -2.49. The number of aliphatic hydroxyl groups is 1. The largest absolute Gasteiger partial charge is 0.432 e. The number of esters is 1. The van der Waals surface area contributed by atoms with Gasteiger partial charge in [0.15, 0.2) is 0 Å². The van der Waals surface area contributed by atoms with Crippen molar-refractivity contribution in [2.24, 2.45) is 11.8 Å². The molecule has 6 nitrogen and oxygen atoms in total. The molecule has 0 unspecified atom stereocenters. The Morgan fingerprint density at radius 2 is 2.10 bits per heavy atom. The van der Waals surface area contributed by atoms with Crippen molar-refractivity contribution in [2.45, 2.75) is 69.7 Å². The first-order chi connectivity index (χ1) is 14.5. The van der Waals surface area contributed by atoms with Gasteiger partial charge in [-0.15, -0.1) is 0 Å². The fourth-order valence-corrected chi connectivity index (χ4v) is 6.46. The van der Waals surface area contributed by atoms with Gasteiger partial charge in [0.05, 0.1) is 23.2 Å². The van der Waals surface area contributed by atoms with Crippen LogP contribution in [0.1, 0.15) is 68.5 Å². The molecule has 5 atom stereocenters. The minimum absolute atomic E-state index is 0.0127.